The molecule has 4 aromatic rings. The lowest BCUT2D eigenvalue weighted by Gasteiger charge is -2.32. The molecule has 0 heterocycles. The van der Waals surface area contributed by atoms with Gasteiger partial charge >= 0.3 is 0 Å². The van der Waals surface area contributed by atoms with Gasteiger partial charge in [0.25, 0.3) is 0 Å². The Bertz CT molecular complexity index is 1680. The van der Waals surface area contributed by atoms with Gasteiger partial charge in [-0.15, -0.1) is 0 Å². The molecule has 0 aromatic heterocycles. The first-order chi connectivity index (χ1) is 21.1. The molecule has 0 aliphatic heterocycles. The van der Waals surface area contributed by atoms with Crippen LogP contribution in [-0.4, -0.2) is 31.7 Å². The van der Waals surface area contributed by atoms with E-state index in [1.54, 1.807) is 54.3 Å². The number of halogens is 3. The number of benzene rings is 4. The van der Waals surface area contributed by atoms with E-state index < -0.39 is 16.1 Å². The van der Waals surface area contributed by atoms with E-state index in [0.717, 1.165) is 11.1 Å². The molecule has 1 atom stereocenters. The first-order valence-electron chi connectivity index (χ1n) is 14.0. The minimum absolute atomic E-state index is 0.0898. The van der Waals surface area contributed by atoms with Gasteiger partial charge in [0.05, 0.1) is 4.90 Å². The van der Waals surface area contributed by atoms with Crippen molar-refractivity contribution in [3.8, 4) is 0 Å². The van der Waals surface area contributed by atoms with Crippen molar-refractivity contribution in [3.63, 3.8) is 0 Å². The SMILES string of the molecule is CCNS(=O)(=O)c1ccc(CCC(=O)N(Cc2ccc(Cl)cc2)C(C(=O)NCc2ccc(Cl)cc2Cl)c2ccccc2)cc1. The van der Waals surface area contributed by atoms with E-state index in [9.17, 15) is 18.0 Å². The molecular weight excluding hydrogens is 641 g/mol. The smallest absolute Gasteiger partial charge is 0.247 e. The molecule has 0 spiro atoms. The fraction of sp³-hybridized carbons (Fsp3) is 0.212. The number of amides is 2. The van der Waals surface area contributed by atoms with Gasteiger partial charge in [-0.1, -0.05) is 102 Å². The maximum atomic E-state index is 14.0. The van der Waals surface area contributed by atoms with Crippen molar-refractivity contribution in [2.75, 3.05) is 6.54 Å². The van der Waals surface area contributed by atoms with Gasteiger partial charge < -0.3 is 10.2 Å². The number of hydrogen-bond donors (Lipinski definition) is 2. The molecule has 0 saturated heterocycles. The Hall–Kier alpha value is -3.40. The molecule has 0 saturated carbocycles. The van der Waals surface area contributed by atoms with Gasteiger partial charge in [-0.05, 0) is 65.1 Å². The lowest BCUT2D eigenvalue weighted by atomic mass is 10.0. The molecule has 0 fully saturated rings. The topological polar surface area (TPSA) is 95.6 Å². The molecule has 0 aliphatic rings. The van der Waals surface area contributed by atoms with Gasteiger partial charge in [-0.3, -0.25) is 9.59 Å². The summed E-state index contributed by atoms with van der Waals surface area (Å²) in [6.45, 7) is 2.29. The number of nitrogens with zero attached hydrogens (tertiary/aromatic N) is 1. The molecule has 4 aromatic carbocycles. The summed E-state index contributed by atoms with van der Waals surface area (Å²) in [5, 5.41) is 4.42. The number of sulfonamides is 1. The Morgan fingerprint density at radius 2 is 1.45 bits per heavy atom. The zero-order valence-corrected chi connectivity index (χ0v) is 27.1. The van der Waals surface area contributed by atoms with Crippen molar-refractivity contribution < 1.29 is 18.0 Å². The number of carbonyl (C=O) groups is 2. The maximum Gasteiger partial charge on any atom is 0.247 e. The quantitative estimate of drug-likeness (QED) is 0.161. The number of nitrogens with one attached hydrogen (secondary N) is 2. The Labute approximate surface area is 273 Å². The molecule has 4 rings (SSSR count). The van der Waals surface area contributed by atoms with E-state index in [1.165, 1.54) is 12.1 Å². The monoisotopic (exact) mass is 671 g/mol. The highest BCUT2D eigenvalue weighted by Crippen LogP contribution is 2.27. The zero-order valence-electron chi connectivity index (χ0n) is 24.0. The predicted molar refractivity (Wildman–Crippen MR) is 175 cm³/mol. The van der Waals surface area contributed by atoms with Crippen LogP contribution in [0, 0.1) is 0 Å². The lowest BCUT2D eigenvalue weighted by Crippen LogP contribution is -2.43. The van der Waals surface area contributed by atoms with Crippen LogP contribution in [0.4, 0.5) is 0 Å². The minimum atomic E-state index is -3.59. The first-order valence-corrected chi connectivity index (χ1v) is 16.6. The number of carbonyl (C=O) groups excluding carboxylic acids is 2. The summed E-state index contributed by atoms with van der Waals surface area (Å²) in [4.78, 5) is 29.6. The largest absolute Gasteiger partial charge is 0.350 e. The molecule has 0 bridgehead atoms. The third kappa shape index (κ3) is 9.06. The second-order valence-corrected chi connectivity index (χ2v) is 13.1. The van der Waals surface area contributed by atoms with Crippen LogP contribution in [0.1, 0.15) is 41.6 Å². The highest BCUT2D eigenvalue weighted by molar-refractivity contribution is 7.89. The highest BCUT2D eigenvalue weighted by Gasteiger charge is 2.31. The molecule has 0 radical (unpaired) electrons. The number of aryl methyl sites for hydroxylation is 1. The molecular formula is C33H32Cl3N3O4S. The second-order valence-electron chi connectivity index (χ2n) is 10.1. The highest BCUT2D eigenvalue weighted by atomic mass is 35.5. The summed E-state index contributed by atoms with van der Waals surface area (Å²) < 4.78 is 27.1. The molecule has 0 aliphatic carbocycles. The molecule has 230 valence electrons. The number of rotatable bonds is 13. The van der Waals surface area contributed by atoms with E-state index in [1.807, 2.05) is 42.5 Å². The summed E-state index contributed by atoms with van der Waals surface area (Å²) in [6, 6.07) is 26.7. The third-order valence-corrected chi connectivity index (χ3v) is 9.33. The minimum Gasteiger partial charge on any atom is -0.350 e. The average molecular weight is 673 g/mol. The van der Waals surface area contributed by atoms with Crippen LogP contribution in [0.2, 0.25) is 15.1 Å². The average Bonchev–Trinajstić information content (AvgIpc) is 3.01. The Kier molecular flexibility index (Phi) is 11.8. The standard InChI is InChI=1S/C33H32Cl3N3O4S/c1-2-38-44(42,43)29-17-10-23(11-18-29)12-19-31(40)39(22-24-8-14-27(34)15-9-24)32(25-6-4-3-5-7-25)33(41)37-21-26-13-16-28(35)20-30(26)36/h3-11,13-18,20,32,38H,2,12,19,21-22H2,1H3,(H,37,41). The Balaban J connectivity index is 1.61. The maximum absolute atomic E-state index is 14.0. The van der Waals surface area contributed by atoms with Gasteiger partial charge in [-0.25, -0.2) is 13.1 Å². The van der Waals surface area contributed by atoms with E-state index in [-0.39, 0.29) is 42.8 Å². The first kappa shape index (κ1) is 33.5. The molecule has 11 heteroatoms. The third-order valence-electron chi connectivity index (χ3n) is 6.93. The summed E-state index contributed by atoms with van der Waals surface area (Å²) in [7, 11) is -3.59. The summed E-state index contributed by atoms with van der Waals surface area (Å²) >= 11 is 18.5. The van der Waals surface area contributed by atoms with Gasteiger partial charge in [0.1, 0.15) is 6.04 Å². The van der Waals surface area contributed by atoms with Crippen molar-refractivity contribution in [1.82, 2.24) is 14.9 Å². The summed E-state index contributed by atoms with van der Waals surface area (Å²) in [6.07, 6.45) is 0.438. The van der Waals surface area contributed by atoms with E-state index in [2.05, 4.69) is 10.0 Å². The van der Waals surface area contributed by atoms with Gasteiger partial charge in [-0.2, -0.15) is 0 Å². The van der Waals surface area contributed by atoms with Crippen LogP contribution in [0.25, 0.3) is 0 Å². The Morgan fingerprint density at radius 1 is 0.818 bits per heavy atom. The number of hydrogen-bond acceptors (Lipinski definition) is 4. The van der Waals surface area contributed by atoms with Crippen LogP contribution < -0.4 is 10.0 Å². The van der Waals surface area contributed by atoms with Crippen molar-refractivity contribution in [3.05, 3.63) is 134 Å². The van der Waals surface area contributed by atoms with Crippen LogP contribution in [0.15, 0.2) is 102 Å². The predicted octanol–water partition coefficient (Wildman–Crippen LogP) is 6.96. The van der Waals surface area contributed by atoms with Crippen LogP contribution >= 0.6 is 34.8 Å². The van der Waals surface area contributed by atoms with E-state index >= 15 is 0 Å². The van der Waals surface area contributed by atoms with Crippen molar-refractivity contribution >= 4 is 56.6 Å². The van der Waals surface area contributed by atoms with Crippen LogP contribution in [0.3, 0.4) is 0 Å². The summed E-state index contributed by atoms with van der Waals surface area (Å²) in [5.41, 5.74) is 2.92. The van der Waals surface area contributed by atoms with Gasteiger partial charge in [0, 0.05) is 41.1 Å². The lowest BCUT2D eigenvalue weighted by molar-refractivity contribution is -0.141. The van der Waals surface area contributed by atoms with Crippen LogP contribution in [0.5, 0.6) is 0 Å². The van der Waals surface area contributed by atoms with Crippen molar-refractivity contribution in [2.24, 2.45) is 0 Å². The van der Waals surface area contributed by atoms with Crippen LogP contribution in [-0.2, 0) is 39.1 Å². The summed E-state index contributed by atoms with van der Waals surface area (Å²) in [5.74, 6) is -0.625. The molecule has 44 heavy (non-hydrogen) atoms. The second kappa shape index (κ2) is 15.5. The van der Waals surface area contributed by atoms with Gasteiger partial charge in [0.2, 0.25) is 21.8 Å². The fourth-order valence-corrected chi connectivity index (χ4v) is 6.31. The zero-order chi connectivity index (χ0) is 31.7. The van der Waals surface area contributed by atoms with Crippen molar-refractivity contribution in [2.45, 2.75) is 43.8 Å². The normalized spacial score (nSPS) is 12.0. The molecule has 7 nitrogen and oxygen atoms in total. The fourth-order valence-electron chi connectivity index (χ4n) is 4.67. The van der Waals surface area contributed by atoms with Crippen molar-refractivity contribution in [1.29, 1.82) is 0 Å². The molecule has 1 unspecified atom stereocenters. The molecule has 2 N–H and O–H groups in total. The van der Waals surface area contributed by atoms with Gasteiger partial charge in [0.15, 0.2) is 0 Å². The molecule has 2 amide bonds. The van der Waals surface area contributed by atoms with E-state index in [4.69, 9.17) is 34.8 Å². The Morgan fingerprint density at radius 3 is 2.09 bits per heavy atom. The van der Waals surface area contributed by atoms with E-state index in [0.29, 0.717) is 32.6 Å².